The van der Waals surface area contributed by atoms with Gasteiger partial charge in [-0.1, -0.05) is 66.7 Å². The molecule has 1 aliphatic heterocycles. The Bertz CT molecular complexity index is 1780. The molecule has 9 nitrogen and oxygen atoms in total. The Morgan fingerprint density at radius 3 is 2.32 bits per heavy atom. The Kier molecular flexibility index (Phi) is 7.49. The zero-order valence-corrected chi connectivity index (χ0v) is 23.0. The third-order valence-electron chi connectivity index (χ3n) is 7.28. The molecule has 2 N–H and O–H groups in total. The topological polar surface area (TPSA) is 140 Å². The van der Waals surface area contributed by atoms with E-state index in [4.69, 9.17) is 10.5 Å². The van der Waals surface area contributed by atoms with Gasteiger partial charge in [0.25, 0.3) is 5.91 Å². The largest absolute Gasteiger partial charge is 0.509 e. The molecule has 10 heteroatoms. The Labute approximate surface area is 237 Å². The highest BCUT2D eigenvalue weighted by Crippen LogP contribution is 2.33. The van der Waals surface area contributed by atoms with E-state index in [1.54, 1.807) is 36.4 Å². The summed E-state index contributed by atoms with van der Waals surface area (Å²) in [6, 6.07) is 27.4. The van der Waals surface area contributed by atoms with Crippen molar-refractivity contribution in [3.8, 4) is 6.07 Å². The molecular formula is C31H27N3O6S. The molecule has 1 amide bonds. The van der Waals surface area contributed by atoms with Gasteiger partial charge in [-0.05, 0) is 51.7 Å². The number of nitriles is 1. The highest BCUT2D eigenvalue weighted by atomic mass is 32.2. The number of sulfone groups is 1. The molecule has 0 aliphatic carbocycles. The molecule has 1 aliphatic rings. The second-order valence-electron chi connectivity index (χ2n) is 9.82. The summed E-state index contributed by atoms with van der Waals surface area (Å²) < 4.78 is 38.9. The molecule has 4 aromatic rings. The molecule has 208 valence electrons. The Morgan fingerprint density at radius 1 is 0.976 bits per heavy atom. The molecule has 0 fully saturated rings. The number of hydrogen-bond acceptors (Lipinski definition) is 8. The quantitative estimate of drug-likeness (QED) is 0.343. The highest BCUT2D eigenvalue weighted by molar-refractivity contribution is 7.93. The van der Waals surface area contributed by atoms with Gasteiger partial charge in [-0.2, -0.15) is 5.26 Å². The Hall–Kier alpha value is -4.72. The van der Waals surface area contributed by atoms with Crippen LogP contribution in [0.1, 0.15) is 22.3 Å². The van der Waals surface area contributed by atoms with Gasteiger partial charge in [-0.25, -0.2) is 13.2 Å². The van der Waals surface area contributed by atoms with Crippen LogP contribution in [-0.4, -0.2) is 43.6 Å². The van der Waals surface area contributed by atoms with Crippen molar-refractivity contribution < 1.29 is 27.5 Å². The van der Waals surface area contributed by atoms with Gasteiger partial charge in [0.2, 0.25) is 14.7 Å². The van der Waals surface area contributed by atoms with Crippen molar-refractivity contribution in [1.82, 2.24) is 4.90 Å². The van der Waals surface area contributed by atoms with E-state index >= 15 is 0 Å². The molecule has 0 saturated carbocycles. The number of ether oxygens (including phenoxy) is 2. The normalized spacial score (nSPS) is 16.2. The summed E-state index contributed by atoms with van der Waals surface area (Å²) in [5.41, 5.74) is 9.19. The minimum absolute atomic E-state index is 0.0315. The second kappa shape index (κ2) is 11.0. The van der Waals surface area contributed by atoms with Crippen LogP contribution in [0.15, 0.2) is 95.9 Å². The van der Waals surface area contributed by atoms with Gasteiger partial charge in [0.1, 0.15) is 0 Å². The first-order chi connectivity index (χ1) is 19.7. The highest BCUT2D eigenvalue weighted by Gasteiger charge is 2.52. The molecule has 0 spiro atoms. The van der Waals surface area contributed by atoms with Crippen molar-refractivity contribution in [3.05, 3.63) is 113 Å². The maximum Gasteiger partial charge on any atom is 0.509 e. The average Bonchev–Trinajstić information content (AvgIpc) is 3.00. The summed E-state index contributed by atoms with van der Waals surface area (Å²) in [5, 5.41) is 10.7. The van der Waals surface area contributed by atoms with Crippen LogP contribution in [0.3, 0.4) is 0 Å². The number of methoxy groups -OCH3 is 1. The molecule has 4 aromatic carbocycles. The van der Waals surface area contributed by atoms with Crippen LogP contribution in [0.4, 0.5) is 4.79 Å². The third kappa shape index (κ3) is 5.25. The van der Waals surface area contributed by atoms with Gasteiger partial charge in [0.15, 0.2) is 6.23 Å². The summed E-state index contributed by atoms with van der Waals surface area (Å²) in [4.78, 5) is 25.2. The molecule has 0 bridgehead atoms. The SMILES string of the molecule is COC(=O)OC1Cc2ccccc2CN1C(=O)[C@@](N)(Cc1ccc(C#N)cc1)S(=O)(=O)c1ccc2ccccc2c1. The molecule has 0 saturated heterocycles. The molecule has 41 heavy (non-hydrogen) atoms. The van der Waals surface area contributed by atoms with Crippen molar-refractivity contribution in [2.24, 2.45) is 5.73 Å². The van der Waals surface area contributed by atoms with E-state index in [9.17, 15) is 23.3 Å². The number of hydrogen-bond donors (Lipinski definition) is 1. The maximum atomic E-state index is 14.5. The van der Waals surface area contributed by atoms with Gasteiger partial charge in [-0.15, -0.1) is 0 Å². The zero-order valence-electron chi connectivity index (χ0n) is 22.2. The van der Waals surface area contributed by atoms with Crippen LogP contribution in [0.25, 0.3) is 10.8 Å². The number of nitrogens with zero attached hydrogens (tertiary/aromatic N) is 2. The van der Waals surface area contributed by atoms with E-state index in [0.717, 1.165) is 23.6 Å². The van der Waals surface area contributed by atoms with Crippen molar-refractivity contribution in [2.75, 3.05) is 7.11 Å². The smallest absolute Gasteiger partial charge is 0.438 e. The number of nitrogens with two attached hydrogens (primary N) is 1. The summed E-state index contributed by atoms with van der Waals surface area (Å²) >= 11 is 0. The lowest BCUT2D eigenvalue weighted by atomic mass is 9.96. The van der Waals surface area contributed by atoms with Crippen molar-refractivity contribution >= 4 is 32.7 Å². The van der Waals surface area contributed by atoms with E-state index in [2.05, 4.69) is 4.74 Å². The molecule has 2 atom stereocenters. The van der Waals surface area contributed by atoms with Crippen molar-refractivity contribution in [2.45, 2.75) is 35.4 Å². The molecule has 5 rings (SSSR count). The Morgan fingerprint density at radius 2 is 1.63 bits per heavy atom. The summed E-state index contributed by atoms with van der Waals surface area (Å²) in [7, 11) is -3.39. The van der Waals surface area contributed by atoms with Crippen LogP contribution < -0.4 is 5.73 Å². The van der Waals surface area contributed by atoms with Gasteiger partial charge in [0, 0.05) is 19.4 Å². The van der Waals surface area contributed by atoms with Crippen LogP contribution in [0.5, 0.6) is 0 Å². The lowest BCUT2D eigenvalue weighted by Gasteiger charge is -2.40. The van der Waals surface area contributed by atoms with Crippen LogP contribution >= 0.6 is 0 Å². The Balaban J connectivity index is 1.63. The second-order valence-corrected chi connectivity index (χ2v) is 12.0. The fourth-order valence-corrected chi connectivity index (χ4v) is 6.69. The van der Waals surface area contributed by atoms with Gasteiger partial charge in [0.05, 0.1) is 23.6 Å². The molecule has 1 heterocycles. The first-order valence-electron chi connectivity index (χ1n) is 12.8. The maximum absolute atomic E-state index is 14.5. The monoisotopic (exact) mass is 569 g/mol. The van der Waals surface area contributed by atoms with Crippen LogP contribution in [0, 0.1) is 11.3 Å². The third-order valence-corrected chi connectivity index (χ3v) is 9.44. The summed E-state index contributed by atoms with van der Waals surface area (Å²) in [6.07, 6.45) is -2.43. The number of benzene rings is 4. The number of carbonyl (C=O) groups is 2. The number of fused-ring (bicyclic) bond motifs is 2. The van der Waals surface area contributed by atoms with Crippen LogP contribution in [-0.2, 0) is 43.5 Å². The molecular weight excluding hydrogens is 542 g/mol. The number of carbonyl (C=O) groups excluding carboxylic acids is 2. The van der Waals surface area contributed by atoms with Gasteiger partial charge in [-0.3, -0.25) is 9.69 Å². The summed E-state index contributed by atoms with van der Waals surface area (Å²) in [6.45, 7) is -0.0315. The average molecular weight is 570 g/mol. The van der Waals surface area contributed by atoms with Gasteiger partial charge < -0.3 is 15.2 Å². The van der Waals surface area contributed by atoms with E-state index in [1.165, 1.54) is 29.2 Å². The molecule has 0 aromatic heterocycles. The fourth-order valence-electron chi connectivity index (χ4n) is 5.04. The number of amides is 1. The van der Waals surface area contributed by atoms with Gasteiger partial charge >= 0.3 is 6.16 Å². The minimum Gasteiger partial charge on any atom is -0.438 e. The minimum atomic E-state index is -4.54. The summed E-state index contributed by atoms with van der Waals surface area (Å²) in [5.74, 6) is -0.932. The molecule has 0 radical (unpaired) electrons. The zero-order chi connectivity index (χ0) is 29.2. The first-order valence-corrected chi connectivity index (χ1v) is 14.3. The predicted molar refractivity (Wildman–Crippen MR) is 151 cm³/mol. The first kappa shape index (κ1) is 27.8. The predicted octanol–water partition coefficient (Wildman–Crippen LogP) is 4.08. The number of rotatable bonds is 6. The fraction of sp³-hybridized carbons (Fsp3) is 0.194. The van der Waals surface area contributed by atoms with Crippen molar-refractivity contribution in [3.63, 3.8) is 0 Å². The van der Waals surface area contributed by atoms with Crippen LogP contribution in [0.2, 0.25) is 0 Å². The lowest BCUT2D eigenvalue weighted by Crippen LogP contribution is -2.64. The van der Waals surface area contributed by atoms with E-state index in [1.807, 2.05) is 36.4 Å². The molecule has 1 unspecified atom stereocenters. The van der Waals surface area contributed by atoms with E-state index in [0.29, 0.717) is 16.5 Å². The lowest BCUT2D eigenvalue weighted by molar-refractivity contribution is -0.148. The van der Waals surface area contributed by atoms with E-state index in [-0.39, 0.29) is 17.9 Å². The van der Waals surface area contributed by atoms with E-state index < -0.39 is 39.4 Å². The standard InChI is InChI=1S/C31H27N3O6S/c1-39-30(36)40-28-17-25-8-4-5-9-26(25)20-34(28)29(35)31(33,18-21-10-12-22(19-32)13-11-21)41(37,38)27-15-14-23-6-2-3-7-24(23)16-27/h2-16,28H,17-18,20,33H2,1H3/t28?,31-/m1/s1. The van der Waals surface area contributed by atoms with Crippen molar-refractivity contribution in [1.29, 1.82) is 5.26 Å².